The van der Waals surface area contributed by atoms with Gasteiger partial charge in [0.2, 0.25) is 0 Å². The highest BCUT2D eigenvalue weighted by molar-refractivity contribution is 7.99. The molecule has 0 radical (unpaired) electrons. The first-order valence-electron chi connectivity index (χ1n) is 8.34. The van der Waals surface area contributed by atoms with Crippen LogP contribution in [0.4, 0.5) is 11.4 Å². The van der Waals surface area contributed by atoms with Crippen molar-refractivity contribution < 1.29 is 9.72 Å². The van der Waals surface area contributed by atoms with Crippen LogP contribution in [0.25, 0.3) is 0 Å². The van der Waals surface area contributed by atoms with Gasteiger partial charge >= 0.3 is 0 Å². The van der Waals surface area contributed by atoms with Gasteiger partial charge in [0.05, 0.1) is 4.92 Å². The lowest BCUT2D eigenvalue weighted by Gasteiger charge is -2.07. The molecule has 132 valence electrons. The quantitative estimate of drug-likeness (QED) is 0.208. The number of nitro benzene ring substituents is 1. The second-order valence-electron chi connectivity index (χ2n) is 5.63. The molecule has 0 atom stereocenters. The van der Waals surface area contributed by atoms with Crippen molar-refractivity contribution in [2.75, 3.05) is 17.6 Å². The number of nitrogens with one attached hydrogen (secondary N) is 1. The summed E-state index contributed by atoms with van der Waals surface area (Å²) in [6.45, 7) is 2.71. The number of thioether (sulfide) groups is 1. The van der Waals surface area contributed by atoms with Crippen molar-refractivity contribution in [2.45, 2.75) is 31.1 Å². The molecule has 1 N–H and O–H groups in total. The van der Waals surface area contributed by atoms with Crippen molar-refractivity contribution in [3.8, 4) is 0 Å². The molecule has 2 aromatic rings. The molecule has 2 aromatic carbocycles. The van der Waals surface area contributed by atoms with Gasteiger partial charge in [0.1, 0.15) is 0 Å². The van der Waals surface area contributed by atoms with E-state index in [0.29, 0.717) is 18.5 Å². The van der Waals surface area contributed by atoms with Crippen molar-refractivity contribution in [3.05, 3.63) is 64.2 Å². The van der Waals surface area contributed by atoms with Gasteiger partial charge in [-0.05, 0) is 48.6 Å². The van der Waals surface area contributed by atoms with Gasteiger partial charge in [-0.2, -0.15) is 0 Å². The summed E-state index contributed by atoms with van der Waals surface area (Å²) in [6.07, 6.45) is 2.76. The van der Waals surface area contributed by atoms with Gasteiger partial charge in [-0.3, -0.25) is 14.9 Å². The summed E-state index contributed by atoms with van der Waals surface area (Å²) in [5.41, 5.74) is 1.47. The fourth-order valence-corrected chi connectivity index (χ4v) is 3.23. The average Bonchev–Trinajstić information content (AvgIpc) is 2.63. The topological polar surface area (TPSA) is 72.2 Å². The van der Waals surface area contributed by atoms with Crippen molar-refractivity contribution in [3.63, 3.8) is 0 Å². The van der Waals surface area contributed by atoms with E-state index >= 15 is 0 Å². The van der Waals surface area contributed by atoms with Crippen LogP contribution in [0.1, 0.15) is 36.5 Å². The molecule has 0 aliphatic rings. The Kier molecular flexibility index (Phi) is 7.47. The lowest BCUT2D eigenvalue weighted by atomic mass is 10.1. The molecule has 25 heavy (non-hydrogen) atoms. The number of carbonyl (C=O) groups excluding carboxylic acids is 1. The first-order valence-corrected chi connectivity index (χ1v) is 9.33. The zero-order valence-corrected chi connectivity index (χ0v) is 15.1. The third-order valence-electron chi connectivity index (χ3n) is 3.70. The molecular weight excluding hydrogens is 336 g/mol. The minimum Gasteiger partial charge on any atom is -0.385 e. The Hall–Kier alpha value is -2.34. The van der Waals surface area contributed by atoms with Gasteiger partial charge < -0.3 is 5.32 Å². The minimum absolute atomic E-state index is 0.00780. The second kappa shape index (κ2) is 9.84. The Morgan fingerprint density at radius 2 is 1.80 bits per heavy atom. The number of unbranched alkanes of at least 4 members (excludes halogenated alkanes) is 1. The SMILES string of the molecule is CCCCSc1ccc(NCCC(=O)c2ccc([N+](=O)[O-])cc2)cc1. The van der Waals surface area contributed by atoms with Gasteiger partial charge in [-0.1, -0.05) is 13.3 Å². The molecule has 0 heterocycles. The first kappa shape index (κ1) is 19.0. The highest BCUT2D eigenvalue weighted by atomic mass is 32.2. The van der Waals surface area contributed by atoms with Crippen molar-refractivity contribution >= 4 is 28.9 Å². The predicted molar refractivity (Wildman–Crippen MR) is 103 cm³/mol. The van der Waals surface area contributed by atoms with Crippen LogP contribution >= 0.6 is 11.8 Å². The first-order chi connectivity index (χ1) is 12.1. The number of nitro groups is 1. The molecule has 0 aromatic heterocycles. The fraction of sp³-hybridized carbons (Fsp3) is 0.316. The van der Waals surface area contributed by atoms with E-state index < -0.39 is 4.92 Å². The molecule has 0 spiro atoms. The summed E-state index contributed by atoms with van der Waals surface area (Å²) in [5, 5.41) is 13.8. The number of nitrogens with zero attached hydrogens (tertiary/aromatic N) is 1. The van der Waals surface area contributed by atoms with E-state index in [9.17, 15) is 14.9 Å². The molecule has 0 fully saturated rings. The van der Waals surface area contributed by atoms with Crippen molar-refractivity contribution in [1.82, 2.24) is 0 Å². The molecule has 6 heteroatoms. The fourth-order valence-electron chi connectivity index (χ4n) is 2.24. The number of non-ortho nitro benzene ring substituents is 1. The van der Waals surface area contributed by atoms with Crippen LogP contribution in [0, 0.1) is 10.1 Å². The molecule has 0 saturated carbocycles. The van der Waals surface area contributed by atoms with E-state index in [2.05, 4.69) is 24.4 Å². The molecule has 2 rings (SSSR count). The Morgan fingerprint density at radius 3 is 2.40 bits per heavy atom. The lowest BCUT2D eigenvalue weighted by molar-refractivity contribution is -0.384. The van der Waals surface area contributed by atoms with Gasteiger partial charge in [0, 0.05) is 41.2 Å². The van der Waals surface area contributed by atoms with Gasteiger partial charge in [0.25, 0.3) is 5.69 Å². The summed E-state index contributed by atoms with van der Waals surface area (Å²) in [6, 6.07) is 13.9. The summed E-state index contributed by atoms with van der Waals surface area (Å²) in [7, 11) is 0. The second-order valence-corrected chi connectivity index (χ2v) is 6.80. The lowest BCUT2D eigenvalue weighted by Crippen LogP contribution is -2.08. The number of carbonyl (C=O) groups is 1. The predicted octanol–water partition coefficient (Wildman–Crippen LogP) is 5.17. The number of hydrogen-bond acceptors (Lipinski definition) is 5. The number of hydrogen-bond donors (Lipinski definition) is 1. The summed E-state index contributed by atoms with van der Waals surface area (Å²) in [4.78, 5) is 23.5. The number of Topliss-reactive ketones (excluding diaryl/α,β-unsaturated/α-hetero) is 1. The highest BCUT2D eigenvalue weighted by Crippen LogP contribution is 2.21. The Bertz CT molecular complexity index is 700. The van der Waals surface area contributed by atoms with Gasteiger partial charge in [0.15, 0.2) is 5.78 Å². The van der Waals surface area contributed by atoms with Crippen LogP contribution < -0.4 is 5.32 Å². The van der Waals surface area contributed by atoms with Crippen LogP contribution in [0.3, 0.4) is 0 Å². The van der Waals surface area contributed by atoms with Crippen molar-refractivity contribution in [2.24, 2.45) is 0 Å². The maximum atomic E-state index is 12.1. The van der Waals surface area contributed by atoms with E-state index in [1.807, 2.05) is 23.9 Å². The molecule has 0 saturated heterocycles. The molecule has 0 amide bonds. The maximum Gasteiger partial charge on any atom is 0.269 e. The Balaban J connectivity index is 1.77. The van der Waals surface area contributed by atoms with E-state index in [4.69, 9.17) is 0 Å². The van der Waals surface area contributed by atoms with Crippen LogP contribution in [0.5, 0.6) is 0 Å². The van der Waals surface area contributed by atoms with Crippen molar-refractivity contribution in [1.29, 1.82) is 0 Å². The summed E-state index contributed by atoms with van der Waals surface area (Å²) < 4.78 is 0. The normalized spacial score (nSPS) is 10.4. The molecular formula is C19H22N2O3S. The summed E-state index contributed by atoms with van der Waals surface area (Å²) >= 11 is 1.85. The van der Waals surface area contributed by atoms with Gasteiger partial charge in [-0.25, -0.2) is 0 Å². The minimum atomic E-state index is -0.472. The molecule has 5 nitrogen and oxygen atoms in total. The van der Waals surface area contributed by atoms with E-state index in [1.165, 1.54) is 42.0 Å². The van der Waals surface area contributed by atoms with Crippen LogP contribution in [-0.4, -0.2) is 23.0 Å². The van der Waals surface area contributed by atoms with E-state index in [1.54, 1.807) is 0 Å². The Labute approximate surface area is 152 Å². The third-order valence-corrected chi connectivity index (χ3v) is 4.80. The molecule has 0 aliphatic carbocycles. The van der Waals surface area contributed by atoms with Crippen LogP contribution in [0.2, 0.25) is 0 Å². The number of rotatable bonds is 10. The van der Waals surface area contributed by atoms with Gasteiger partial charge in [-0.15, -0.1) is 11.8 Å². The smallest absolute Gasteiger partial charge is 0.269 e. The summed E-state index contributed by atoms with van der Waals surface area (Å²) in [5.74, 6) is 1.10. The molecule has 0 unspecified atom stereocenters. The zero-order chi connectivity index (χ0) is 18.1. The standard InChI is InChI=1S/C19H22N2O3S/c1-2-3-14-25-18-10-6-16(7-11-18)20-13-12-19(22)15-4-8-17(9-5-15)21(23)24/h4-11,20H,2-3,12-14H2,1H3. The third kappa shape index (κ3) is 6.23. The number of ketones is 1. The van der Waals surface area contributed by atoms with E-state index in [0.717, 1.165) is 11.4 Å². The average molecular weight is 358 g/mol. The Morgan fingerprint density at radius 1 is 1.12 bits per heavy atom. The largest absolute Gasteiger partial charge is 0.385 e. The highest BCUT2D eigenvalue weighted by Gasteiger charge is 2.09. The zero-order valence-electron chi connectivity index (χ0n) is 14.2. The van der Waals surface area contributed by atoms with E-state index in [-0.39, 0.29) is 11.5 Å². The monoisotopic (exact) mass is 358 g/mol. The molecule has 0 bridgehead atoms. The van der Waals surface area contributed by atoms with Crippen LogP contribution in [-0.2, 0) is 0 Å². The maximum absolute atomic E-state index is 12.1. The van der Waals surface area contributed by atoms with Crippen LogP contribution in [0.15, 0.2) is 53.4 Å². The number of benzene rings is 2. The molecule has 0 aliphatic heterocycles. The number of anilines is 1.